The molecule has 0 saturated carbocycles. The fraction of sp³-hybridized carbons (Fsp3) is 0.0270. The number of nitrogens with zero attached hydrogens (tertiary/aromatic N) is 4. The van der Waals surface area contributed by atoms with Gasteiger partial charge in [0.25, 0.3) is 0 Å². The van der Waals surface area contributed by atoms with Gasteiger partial charge in [-0.1, -0.05) is 60.2 Å². The summed E-state index contributed by atoms with van der Waals surface area (Å²) in [6.07, 6.45) is 3.59. The van der Waals surface area contributed by atoms with Gasteiger partial charge in [-0.25, -0.2) is 4.85 Å². The molecule has 0 fully saturated rings. The Balaban J connectivity index is 0.000000189. The van der Waals surface area contributed by atoms with Gasteiger partial charge in [0.2, 0.25) is 0 Å². The number of aromatic nitrogens is 2. The van der Waals surface area contributed by atoms with E-state index in [1.54, 1.807) is 6.20 Å². The molecule has 0 atom stereocenters. The Morgan fingerprint density at radius 3 is 1.81 bits per heavy atom. The van der Waals surface area contributed by atoms with Crippen LogP contribution in [0.1, 0.15) is 11.1 Å². The number of benzene rings is 4. The topological polar surface area (TPSA) is 53.9 Å². The molecule has 6 aromatic rings. The summed E-state index contributed by atoms with van der Waals surface area (Å²) in [5.74, 6) is 0. The molecule has 0 aliphatic heterocycles. The maximum atomic E-state index is 8.85. The largest absolute Gasteiger partial charge is 0.305 e. The van der Waals surface area contributed by atoms with Gasteiger partial charge in [-0.05, 0) is 53.7 Å². The van der Waals surface area contributed by atoms with Crippen LogP contribution in [-0.4, -0.2) is 9.97 Å². The summed E-state index contributed by atoms with van der Waals surface area (Å²) < 4.78 is 0. The molecule has 0 aliphatic rings. The van der Waals surface area contributed by atoms with Crippen molar-refractivity contribution in [3.05, 3.63) is 162 Å². The van der Waals surface area contributed by atoms with Gasteiger partial charge in [0.05, 0.1) is 18.2 Å². The first-order valence-electron chi connectivity index (χ1n) is 13.0. The summed E-state index contributed by atoms with van der Waals surface area (Å²) in [6, 6.07) is 45.6. The maximum Gasteiger partial charge on any atom is 0.187 e. The second-order valence-corrected chi connectivity index (χ2v) is 9.26. The van der Waals surface area contributed by atoms with Gasteiger partial charge in [-0.2, -0.15) is 5.26 Å². The summed E-state index contributed by atoms with van der Waals surface area (Å²) >= 11 is 0. The predicted octanol–water partition coefficient (Wildman–Crippen LogP) is 9.16. The molecule has 203 valence electrons. The van der Waals surface area contributed by atoms with Gasteiger partial charge in [-0.3, -0.25) is 0 Å². The molecule has 0 N–H and O–H groups in total. The minimum Gasteiger partial charge on any atom is -0.305 e. The second kappa shape index (κ2) is 14.4. The monoisotopic (exact) mass is 717 g/mol. The van der Waals surface area contributed by atoms with Crippen LogP contribution in [0.4, 0.5) is 5.69 Å². The van der Waals surface area contributed by atoms with E-state index in [0.29, 0.717) is 11.3 Å². The Labute approximate surface area is 260 Å². The summed E-state index contributed by atoms with van der Waals surface area (Å²) in [5.41, 5.74) is 10.6. The van der Waals surface area contributed by atoms with Crippen LogP contribution in [0.25, 0.3) is 49.6 Å². The first-order chi connectivity index (χ1) is 20.1. The predicted molar refractivity (Wildman–Crippen MR) is 164 cm³/mol. The van der Waals surface area contributed by atoms with E-state index in [2.05, 4.69) is 52.1 Å². The Bertz CT molecular complexity index is 1850. The molecule has 4 nitrogen and oxygen atoms in total. The van der Waals surface area contributed by atoms with Crippen molar-refractivity contribution in [1.29, 1.82) is 5.26 Å². The maximum absolute atomic E-state index is 8.85. The number of rotatable bonds is 4. The smallest absolute Gasteiger partial charge is 0.187 e. The van der Waals surface area contributed by atoms with Crippen LogP contribution in [0.5, 0.6) is 0 Å². The molecule has 5 heteroatoms. The molecule has 0 amide bonds. The molecule has 1 radical (unpaired) electrons. The van der Waals surface area contributed by atoms with Crippen molar-refractivity contribution in [2.45, 2.75) is 6.92 Å². The van der Waals surface area contributed by atoms with Crippen LogP contribution >= 0.6 is 0 Å². The summed E-state index contributed by atoms with van der Waals surface area (Å²) in [7, 11) is 0. The van der Waals surface area contributed by atoms with Gasteiger partial charge >= 0.3 is 0 Å². The summed E-state index contributed by atoms with van der Waals surface area (Å²) in [5, 5.41) is 8.85. The Hall–Kier alpha value is -5.19. The first kappa shape index (κ1) is 29.8. The van der Waals surface area contributed by atoms with Gasteiger partial charge in [0, 0.05) is 32.5 Å². The number of nitriles is 1. The number of aryl methyl sites for hydroxylation is 1. The van der Waals surface area contributed by atoms with Crippen molar-refractivity contribution in [3.63, 3.8) is 0 Å². The standard InChI is InChI=1S/C19H13N2.C18H11N2.Ir/c1-14-9-10-21-19(11-14)18-4-2-3-17(12-18)16-7-5-15(13-20)6-8-16;1-19-17-10-8-14(9-11-17)15-5-4-6-16(13-15)18-7-2-3-12-20-18;/h2-3,5-12H,1H3;2-5,7-13H;/q2*-1;. The molecule has 6 rings (SSSR count). The summed E-state index contributed by atoms with van der Waals surface area (Å²) in [4.78, 5) is 12.1. The zero-order valence-corrected chi connectivity index (χ0v) is 25.1. The van der Waals surface area contributed by atoms with Crippen molar-refractivity contribution in [2.24, 2.45) is 0 Å². The normalized spacial score (nSPS) is 9.79. The first-order valence-corrected chi connectivity index (χ1v) is 13.0. The van der Waals surface area contributed by atoms with Crippen molar-refractivity contribution in [2.75, 3.05) is 0 Å². The Kier molecular flexibility index (Phi) is 10.2. The second-order valence-electron chi connectivity index (χ2n) is 9.26. The van der Waals surface area contributed by atoms with E-state index in [1.807, 2.05) is 109 Å². The average Bonchev–Trinajstić information content (AvgIpc) is 3.06. The number of hydrogen-bond acceptors (Lipinski definition) is 3. The zero-order chi connectivity index (χ0) is 28.4. The molecule has 4 aromatic carbocycles. The van der Waals surface area contributed by atoms with Gasteiger partial charge < -0.3 is 9.97 Å². The third-order valence-electron chi connectivity index (χ3n) is 6.41. The van der Waals surface area contributed by atoms with Crippen LogP contribution in [0, 0.1) is 37.0 Å². The van der Waals surface area contributed by atoms with E-state index in [1.165, 1.54) is 5.56 Å². The zero-order valence-electron chi connectivity index (χ0n) is 22.7. The molecule has 0 unspecified atom stereocenters. The molecular weight excluding hydrogens is 693 g/mol. The minimum absolute atomic E-state index is 0. The quantitative estimate of drug-likeness (QED) is 0.171. The molecule has 0 aliphatic carbocycles. The van der Waals surface area contributed by atoms with Crippen LogP contribution in [0.15, 0.2) is 128 Å². The number of hydrogen-bond donors (Lipinski definition) is 0. The van der Waals surface area contributed by atoms with Gasteiger partial charge in [-0.15, -0.1) is 70.8 Å². The van der Waals surface area contributed by atoms with Crippen molar-refractivity contribution in [1.82, 2.24) is 9.97 Å². The van der Waals surface area contributed by atoms with Crippen LogP contribution in [0.2, 0.25) is 0 Å². The van der Waals surface area contributed by atoms with Gasteiger partial charge in [0.1, 0.15) is 0 Å². The fourth-order valence-electron chi connectivity index (χ4n) is 4.26. The summed E-state index contributed by atoms with van der Waals surface area (Å²) in [6.45, 7) is 9.03. The molecule has 42 heavy (non-hydrogen) atoms. The number of pyridine rings is 2. The van der Waals surface area contributed by atoms with E-state index >= 15 is 0 Å². The molecule has 2 aromatic heterocycles. The third kappa shape index (κ3) is 7.51. The molecule has 0 spiro atoms. The van der Waals surface area contributed by atoms with E-state index in [9.17, 15) is 0 Å². The SMILES string of the molecule is Cc1ccnc(-c2[c-]ccc(-c3ccc(C#N)cc3)c2)c1.[C-]#[N+]c1ccc(-c2cc[c-]c(-c3ccccn3)c2)cc1.[Ir]. The van der Waals surface area contributed by atoms with E-state index in [-0.39, 0.29) is 20.1 Å². The third-order valence-corrected chi connectivity index (χ3v) is 6.41. The minimum atomic E-state index is 0. The Morgan fingerprint density at radius 2 is 1.26 bits per heavy atom. The molecule has 2 heterocycles. The average molecular weight is 717 g/mol. The van der Waals surface area contributed by atoms with Crippen LogP contribution in [0.3, 0.4) is 0 Å². The van der Waals surface area contributed by atoms with E-state index in [4.69, 9.17) is 11.8 Å². The van der Waals surface area contributed by atoms with Gasteiger partial charge in [0.15, 0.2) is 5.69 Å². The molecule has 0 bridgehead atoms. The molecular formula is C37H24IrN4-2. The van der Waals surface area contributed by atoms with Crippen molar-refractivity contribution in [3.8, 4) is 50.8 Å². The Morgan fingerprint density at radius 1 is 0.667 bits per heavy atom. The fourth-order valence-corrected chi connectivity index (χ4v) is 4.26. The van der Waals surface area contributed by atoms with E-state index < -0.39 is 0 Å². The van der Waals surface area contributed by atoms with Crippen molar-refractivity contribution < 1.29 is 20.1 Å². The van der Waals surface area contributed by atoms with Crippen LogP contribution in [-0.2, 0) is 20.1 Å². The molecule has 0 saturated heterocycles. The van der Waals surface area contributed by atoms with Crippen LogP contribution < -0.4 is 0 Å². The van der Waals surface area contributed by atoms with E-state index in [0.717, 1.165) is 44.8 Å². The van der Waals surface area contributed by atoms with Crippen molar-refractivity contribution >= 4 is 5.69 Å².